The fourth-order valence-corrected chi connectivity index (χ4v) is 1.96. The van der Waals surface area contributed by atoms with Crippen molar-refractivity contribution in [3.8, 4) is 0 Å². The average molecular weight is 242 g/mol. The summed E-state index contributed by atoms with van der Waals surface area (Å²) in [5, 5.41) is 0. The number of hydrogen-bond acceptors (Lipinski definition) is 3. The Kier molecular flexibility index (Phi) is 5.45. The van der Waals surface area contributed by atoms with Crippen LogP contribution in [-0.2, 0) is 14.9 Å². The van der Waals surface area contributed by atoms with Crippen molar-refractivity contribution >= 4 is 10.0 Å². The zero-order valence-electron chi connectivity index (χ0n) is 9.30. The predicted molar refractivity (Wildman–Crippen MR) is 61.2 cm³/mol. The van der Waals surface area contributed by atoms with Gasteiger partial charge in [0.15, 0.2) is 0 Å². The number of hydrogen-bond donors (Lipinski definition) is 0. The smallest absolute Gasteiger partial charge is 0.267 e. The lowest BCUT2D eigenvalue weighted by atomic mass is 10.3. The Balaban J connectivity index is 2.41. The Labute approximate surface area is 96.6 Å². The van der Waals surface area contributed by atoms with Crippen LogP contribution >= 0.6 is 0 Å². The van der Waals surface area contributed by atoms with Crippen LogP contribution in [0.25, 0.3) is 0 Å². The van der Waals surface area contributed by atoms with Crippen molar-refractivity contribution in [3.63, 3.8) is 0 Å². The van der Waals surface area contributed by atoms with Crippen molar-refractivity contribution in [2.75, 3.05) is 6.61 Å². The highest BCUT2D eigenvalue weighted by atomic mass is 32.2. The molecule has 0 saturated heterocycles. The van der Waals surface area contributed by atoms with Gasteiger partial charge in [0, 0.05) is 4.89 Å². The van der Waals surface area contributed by atoms with E-state index < -0.39 is 10.0 Å². The van der Waals surface area contributed by atoms with Gasteiger partial charge in [-0.05, 0) is 18.6 Å². The van der Waals surface area contributed by atoms with Crippen LogP contribution in [0.4, 0.5) is 0 Å². The quantitative estimate of drug-likeness (QED) is 0.543. The molecule has 0 amide bonds. The van der Waals surface area contributed by atoms with Crippen LogP contribution in [0.15, 0.2) is 35.2 Å². The van der Waals surface area contributed by atoms with E-state index in [-0.39, 0.29) is 4.90 Å². The molecule has 0 aliphatic carbocycles. The van der Waals surface area contributed by atoms with Gasteiger partial charge < -0.3 is 0 Å². The van der Waals surface area contributed by atoms with Crippen LogP contribution in [-0.4, -0.2) is 15.0 Å². The minimum absolute atomic E-state index is 0.158. The van der Waals surface area contributed by atoms with E-state index in [1.807, 2.05) is 0 Å². The molecule has 1 aromatic rings. The summed E-state index contributed by atoms with van der Waals surface area (Å²) in [7, 11) is -3.64. The highest BCUT2D eigenvalue weighted by Gasteiger charge is 2.15. The molecule has 0 fully saturated rings. The third kappa shape index (κ3) is 4.30. The summed E-state index contributed by atoms with van der Waals surface area (Å²) in [5.74, 6) is 0. The third-order valence-corrected chi connectivity index (χ3v) is 3.20. The van der Waals surface area contributed by atoms with Gasteiger partial charge in [0.2, 0.25) is 0 Å². The van der Waals surface area contributed by atoms with E-state index in [2.05, 4.69) is 11.8 Å². The molecule has 0 unspecified atom stereocenters. The van der Waals surface area contributed by atoms with Crippen molar-refractivity contribution in [1.29, 1.82) is 0 Å². The summed E-state index contributed by atoms with van der Waals surface area (Å²) in [6.45, 7) is 2.41. The summed E-state index contributed by atoms with van der Waals surface area (Å²) < 4.78 is 23.1. The summed E-state index contributed by atoms with van der Waals surface area (Å²) in [5.41, 5.74) is 0. The number of unbranched alkanes of at least 4 members (excludes halogenated alkanes) is 2. The first-order valence-electron chi connectivity index (χ1n) is 5.31. The first-order valence-corrected chi connectivity index (χ1v) is 6.75. The van der Waals surface area contributed by atoms with Crippen LogP contribution < -0.4 is 4.89 Å². The highest BCUT2D eigenvalue weighted by molar-refractivity contribution is 7.89. The van der Waals surface area contributed by atoms with Gasteiger partial charge in [-0.15, -0.1) is 0 Å². The van der Waals surface area contributed by atoms with Gasteiger partial charge in [0.1, 0.15) is 0 Å². The van der Waals surface area contributed by atoms with Crippen molar-refractivity contribution in [3.05, 3.63) is 30.3 Å². The molecule has 89 valence electrons. The Morgan fingerprint density at radius 2 is 1.88 bits per heavy atom. The molecule has 0 atom stereocenters. The molecule has 1 radical (unpaired) electrons. The molecule has 0 aliphatic rings. The molecule has 1 aromatic carbocycles. The van der Waals surface area contributed by atoms with Gasteiger partial charge in [0.25, 0.3) is 10.0 Å². The first kappa shape index (κ1) is 13.2. The van der Waals surface area contributed by atoms with Crippen molar-refractivity contribution in [2.45, 2.75) is 31.1 Å². The maximum Gasteiger partial charge on any atom is 0.281 e. The topological polar surface area (TPSA) is 57.5 Å². The Morgan fingerprint density at radius 1 is 1.19 bits per heavy atom. The fourth-order valence-electron chi connectivity index (χ4n) is 1.16. The molecule has 0 spiro atoms. The minimum atomic E-state index is -3.64. The molecule has 1 rings (SSSR count). The summed E-state index contributed by atoms with van der Waals surface area (Å²) in [6, 6.07) is 8.04. The van der Waals surface area contributed by atoms with Crippen LogP contribution in [0.2, 0.25) is 0 Å². The third-order valence-electron chi connectivity index (χ3n) is 2.03. The molecule has 16 heavy (non-hydrogen) atoms. The highest BCUT2D eigenvalue weighted by Crippen LogP contribution is 2.08. The summed E-state index contributed by atoms with van der Waals surface area (Å²) in [4.78, 5) is 8.22. The number of benzene rings is 1. The standard InChI is InChI=1S/C11H16NO3S/c1-2-3-7-10-15-12-16(13,14)11-8-5-4-6-9-11/h4-6,8-9H,2-3,7,10H2,1H3. The van der Waals surface area contributed by atoms with E-state index >= 15 is 0 Å². The summed E-state index contributed by atoms with van der Waals surface area (Å²) in [6.07, 6.45) is 2.90. The lowest BCUT2D eigenvalue weighted by molar-refractivity contribution is 0.0831. The number of nitrogens with zero attached hydrogens (tertiary/aromatic N) is 1. The second-order valence-electron chi connectivity index (χ2n) is 3.40. The molecule has 0 bridgehead atoms. The Hall–Kier alpha value is -0.910. The molecule has 0 aliphatic heterocycles. The number of rotatable bonds is 7. The number of sulfonamides is 1. The monoisotopic (exact) mass is 242 g/mol. The Morgan fingerprint density at radius 3 is 2.50 bits per heavy atom. The van der Waals surface area contributed by atoms with Gasteiger partial charge in [-0.25, -0.2) is 8.42 Å². The van der Waals surface area contributed by atoms with Crippen LogP contribution in [0.1, 0.15) is 26.2 Å². The van der Waals surface area contributed by atoms with E-state index in [0.29, 0.717) is 6.61 Å². The normalized spacial score (nSPS) is 11.6. The van der Waals surface area contributed by atoms with E-state index in [0.717, 1.165) is 19.3 Å². The first-order chi connectivity index (χ1) is 7.67. The Bertz CT molecular complexity index is 389. The van der Waals surface area contributed by atoms with E-state index in [1.54, 1.807) is 18.2 Å². The fraction of sp³-hybridized carbons (Fsp3) is 0.455. The van der Waals surface area contributed by atoms with Gasteiger partial charge in [0.05, 0.1) is 11.5 Å². The second kappa shape index (κ2) is 6.62. The largest absolute Gasteiger partial charge is 0.281 e. The van der Waals surface area contributed by atoms with Crippen LogP contribution in [0.5, 0.6) is 0 Å². The minimum Gasteiger partial charge on any atom is -0.267 e. The van der Waals surface area contributed by atoms with Crippen LogP contribution in [0, 0.1) is 0 Å². The van der Waals surface area contributed by atoms with Crippen molar-refractivity contribution < 1.29 is 13.3 Å². The van der Waals surface area contributed by atoms with E-state index in [9.17, 15) is 8.42 Å². The molecule has 4 nitrogen and oxygen atoms in total. The summed E-state index contributed by atoms with van der Waals surface area (Å²) >= 11 is 0. The molecule has 0 N–H and O–H groups in total. The zero-order valence-corrected chi connectivity index (χ0v) is 10.1. The maximum absolute atomic E-state index is 11.6. The molecular formula is C11H16NO3S. The van der Waals surface area contributed by atoms with Crippen molar-refractivity contribution in [2.24, 2.45) is 0 Å². The van der Waals surface area contributed by atoms with Gasteiger partial charge in [-0.1, -0.05) is 38.0 Å². The lowest BCUT2D eigenvalue weighted by Crippen LogP contribution is -2.17. The lowest BCUT2D eigenvalue weighted by Gasteiger charge is -2.03. The predicted octanol–water partition coefficient (Wildman–Crippen LogP) is 2.10. The second-order valence-corrected chi connectivity index (χ2v) is 4.97. The SMILES string of the molecule is CCCCCO[N]S(=O)(=O)c1ccccc1. The van der Waals surface area contributed by atoms with Gasteiger partial charge in [-0.2, -0.15) is 0 Å². The van der Waals surface area contributed by atoms with E-state index in [4.69, 9.17) is 4.84 Å². The van der Waals surface area contributed by atoms with Gasteiger partial charge >= 0.3 is 0 Å². The molecule has 5 heteroatoms. The average Bonchev–Trinajstić information content (AvgIpc) is 2.30. The molecule has 0 heterocycles. The van der Waals surface area contributed by atoms with Crippen molar-refractivity contribution in [1.82, 2.24) is 4.89 Å². The van der Waals surface area contributed by atoms with Crippen LogP contribution in [0.3, 0.4) is 0 Å². The molecule has 0 aromatic heterocycles. The van der Waals surface area contributed by atoms with Gasteiger partial charge in [-0.3, -0.25) is 4.84 Å². The maximum atomic E-state index is 11.6. The van der Waals surface area contributed by atoms with E-state index in [1.165, 1.54) is 12.1 Å². The molecule has 0 saturated carbocycles. The zero-order chi connectivity index (χ0) is 11.9. The molecular weight excluding hydrogens is 226 g/mol.